The molecule has 0 N–H and O–H groups in total. The minimum Gasteiger partial charge on any atom is -0.627 e. The topological polar surface area (TPSA) is 12.5 Å². The van der Waals surface area contributed by atoms with E-state index in [2.05, 4.69) is 41.3 Å². The Morgan fingerprint density at radius 1 is 1.06 bits per heavy atom. The minimum absolute atomic E-state index is 0. The minimum atomic E-state index is 0. The van der Waals surface area contributed by atoms with E-state index in [4.69, 9.17) is 4.74 Å². The van der Waals surface area contributed by atoms with E-state index in [0.29, 0.717) is 0 Å². The van der Waals surface area contributed by atoms with Crippen LogP contribution in [0, 0.1) is 5.56 Å². The van der Waals surface area contributed by atoms with E-state index in [0.717, 1.165) is 17.9 Å². The van der Waals surface area contributed by atoms with Crippen molar-refractivity contribution in [3.63, 3.8) is 0 Å². The summed E-state index contributed by atoms with van der Waals surface area (Å²) in [5.74, 6) is 0.985. The SMILES string of the molecule is [V].c1ccc2c(c1)CN1c3ccccc3S[C-]1O2. The van der Waals surface area contributed by atoms with Crippen LogP contribution in [0.3, 0.4) is 0 Å². The molecule has 0 spiro atoms. The van der Waals surface area contributed by atoms with Crippen LogP contribution in [0.4, 0.5) is 5.69 Å². The molecule has 2 heterocycles. The molecule has 2 aliphatic heterocycles. The second kappa shape index (κ2) is 4.58. The third-order valence-corrected chi connectivity index (χ3v) is 4.12. The molecule has 0 unspecified atom stereocenters. The molecular weight excluding hydrogens is 281 g/mol. The van der Waals surface area contributed by atoms with Crippen molar-refractivity contribution in [3.05, 3.63) is 59.7 Å². The van der Waals surface area contributed by atoms with E-state index in [1.165, 1.54) is 16.1 Å². The maximum atomic E-state index is 5.94. The summed E-state index contributed by atoms with van der Waals surface area (Å²) in [6, 6.07) is 16.7. The standard InChI is InChI=1S/C14H10NOS.V/c1-3-7-12-10(5-1)9-15-11-6-2-4-8-13(11)17-14(15)16-12;/h1-8H,9H2;/q-1;. The largest absolute Gasteiger partial charge is 0.627 e. The van der Waals surface area contributed by atoms with Crippen molar-refractivity contribution in [2.24, 2.45) is 0 Å². The van der Waals surface area contributed by atoms with E-state index in [1.807, 2.05) is 12.1 Å². The predicted molar refractivity (Wildman–Crippen MR) is 68.8 cm³/mol. The average molecular weight is 291 g/mol. The number of hydrogen-bond donors (Lipinski definition) is 0. The van der Waals surface area contributed by atoms with E-state index in [1.54, 1.807) is 11.8 Å². The number of thioether (sulfide) groups is 1. The van der Waals surface area contributed by atoms with Crippen molar-refractivity contribution in [1.29, 1.82) is 0 Å². The number of anilines is 1. The Labute approximate surface area is 122 Å². The van der Waals surface area contributed by atoms with E-state index < -0.39 is 0 Å². The third-order valence-electron chi connectivity index (χ3n) is 3.07. The average Bonchev–Trinajstić information content (AvgIpc) is 2.73. The van der Waals surface area contributed by atoms with Crippen LogP contribution in [0.5, 0.6) is 5.75 Å². The monoisotopic (exact) mass is 291 g/mol. The zero-order chi connectivity index (χ0) is 11.2. The van der Waals surface area contributed by atoms with Crippen molar-refractivity contribution in [3.8, 4) is 5.75 Å². The number of hydrogen-bond acceptors (Lipinski definition) is 3. The Bertz CT molecular complexity index is 584. The molecule has 89 valence electrons. The van der Waals surface area contributed by atoms with E-state index in [9.17, 15) is 0 Å². The van der Waals surface area contributed by atoms with Gasteiger partial charge in [0, 0.05) is 41.2 Å². The molecule has 0 fully saturated rings. The van der Waals surface area contributed by atoms with Crippen LogP contribution >= 0.6 is 11.8 Å². The molecule has 0 aromatic heterocycles. The van der Waals surface area contributed by atoms with Gasteiger partial charge in [0.05, 0.1) is 5.75 Å². The fraction of sp³-hybridized carbons (Fsp3) is 0.0714. The molecule has 2 aromatic rings. The zero-order valence-electron chi connectivity index (χ0n) is 9.54. The molecule has 18 heavy (non-hydrogen) atoms. The Morgan fingerprint density at radius 3 is 2.78 bits per heavy atom. The number of para-hydroxylation sites is 2. The fourth-order valence-corrected chi connectivity index (χ4v) is 3.26. The molecule has 0 aliphatic carbocycles. The summed E-state index contributed by atoms with van der Waals surface area (Å²) in [5, 5.41) is 0. The molecular formula is C14H10NOSV-. The van der Waals surface area contributed by atoms with Gasteiger partial charge in [-0.15, -0.1) is 0 Å². The van der Waals surface area contributed by atoms with Gasteiger partial charge in [0.15, 0.2) is 0 Å². The van der Waals surface area contributed by atoms with Crippen molar-refractivity contribution in [2.45, 2.75) is 11.4 Å². The molecule has 4 heteroatoms. The van der Waals surface area contributed by atoms with Crippen LogP contribution in [0.2, 0.25) is 0 Å². The van der Waals surface area contributed by atoms with E-state index in [-0.39, 0.29) is 18.6 Å². The number of benzene rings is 2. The Kier molecular flexibility index (Phi) is 3.06. The molecule has 0 saturated carbocycles. The number of ether oxygens (including phenoxy) is 1. The molecule has 0 amide bonds. The van der Waals surface area contributed by atoms with Crippen LogP contribution in [-0.2, 0) is 25.1 Å². The first-order valence-electron chi connectivity index (χ1n) is 5.59. The molecule has 0 atom stereocenters. The van der Waals surface area contributed by atoms with Gasteiger partial charge in [0.2, 0.25) is 0 Å². The summed E-state index contributed by atoms with van der Waals surface area (Å²) >= 11 is 1.70. The predicted octanol–water partition coefficient (Wildman–Crippen LogP) is 3.64. The fourth-order valence-electron chi connectivity index (χ4n) is 2.24. The first kappa shape index (κ1) is 12.0. The molecule has 0 bridgehead atoms. The second-order valence-electron chi connectivity index (χ2n) is 4.13. The Morgan fingerprint density at radius 2 is 1.83 bits per heavy atom. The quantitative estimate of drug-likeness (QED) is 0.688. The molecule has 2 nitrogen and oxygen atoms in total. The second-order valence-corrected chi connectivity index (χ2v) is 5.12. The molecule has 0 saturated heterocycles. The number of rotatable bonds is 0. The molecule has 2 aromatic carbocycles. The van der Waals surface area contributed by atoms with Crippen LogP contribution in [0.25, 0.3) is 0 Å². The summed E-state index contributed by atoms with van der Waals surface area (Å²) < 4.78 is 5.94. The van der Waals surface area contributed by atoms with Gasteiger partial charge in [-0.05, 0) is 23.8 Å². The van der Waals surface area contributed by atoms with Gasteiger partial charge in [0.25, 0.3) is 0 Å². The third kappa shape index (κ3) is 1.74. The summed E-state index contributed by atoms with van der Waals surface area (Å²) in [4.78, 5) is 3.51. The van der Waals surface area contributed by atoms with Crippen LogP contribution in [-0.4, -0.2) is 0 Å². The van der Waals surface area contributed by atoms with Crippen molar-refractivity contribution >= 4 is 17.4 Å². The van der Waals surface area contributed by atoms with Gasteiger partial charge in [0.1, 0.15) is 0 Å². The first-order chi connectivity index (χ1) is 8.42. The Hall–Kier alpha value is -1.03. The van der Waals surface area contributed by atoms with Crippen LogP contribution < -0.4 is 9.64 Å². The summed E-state index contributed by atoms with van der Waals surface area (Å²) in [6.45, 7) is 0.898. The smallest absolute Gasteiger partial charge is 0.0922 e. The van der Waals surface area contributed by atoms with Crippen LogP contribution in [0.15, 0.2) is 53.4 Å². The van der Waals surface area contributed by atoms with E-state index >= 15 is 0 Å². The normalized spacial score (nSPS) is 16.1. The zero-order valence-corrected chi connectivity index (χ0v) is 11.8. The molecule has 4 rings (SSSR count). The van der Waals surface area contributed by atoms with Crippen molar-refractivity contribution < 1.29 is 23.3 Å². The molecule has 1 radical (unpaired) electrons. The molecule has 2 aliphatic rings. The van der Waals surface area contributed by atoms with Gasteiger partial charge in [-0.1, -0.05) is 30.3 Å². The summed E-state index contributed by atoms with van der Waals surface area (Å²) in [6.07, 6.45) is 0. The Balaban J connectivity index is 0.000001000. The van der Waals surface area contributed by atoms with Gasteiger partial charge in [-0.2, -0.15) is 0 Å². The maximum Gasteiger partial charge on any atom is 0.0922 e. The van der Waals surface area contributed by atoms with Gasteiger partial charge in [-0.3, -0.25) is 0 Å². The summed E-state index contributed by atoms with van der Waals surface area (Å²) in [5.41, 5.74) is 3.47. The summed E-state index contributed by atoms with van der Waals surface area (Å²) in [7, 11) is 0. The number of fused-ring (bicyclic) bond motifs is 4. The van der Waals surface area contributed by atoms with Gasteiger partial charge < -0.3 is 9.64 Å². The number of nitrogens with zero attached hydrogens (tertiary/aromatic N) is 1. The van der Waals surface area contributed by atoms with Gasteiger partial charge >= 0.3 is 0 Å². The van der Waals surface area contributed by atoms with Gasteiger partial charge in [-0.25, -0.2) is 11.8 Å². The maximum absolute atomic E-state index is 5.94. The van der Waals surface area contributed by atoms with Crippen molar-refractivity contribution in [1.82, 2.24) is 0 Å². The van der Waals surface area contributed by atoms with Crippen molar-refractivity contribution in [2.75, 3.05) is 4.90 Å². The first-order valence-corrected chi connectivity index (χ1v) is 6.40. The van der Waals surface area contributed by atoms with Crippen LogP contribution in [0.1, 0.15) is 5.56 Å².